The number of ether oxygens (including phenoxy) is 3. The molecule has 26 heavy (non-hydrogen) atoms. The van der Waals surface area contributed by atoms with Crippen LogP contribution in [0.2, 0.25) is 4.82 Å². The summed E-state index contributed by atoms with van der Waals surface area (Å²) in [4.78, 5) is 59.2. The van der Waals surface area contributed by atoms with Gasteiger partial charge in [-0.2, -0.15) is 0 Å². The Labute approximate surface area is 154 Å². The van der Waals surface area contributed by atoms with Crippen molar-refractivity contribution in [2.45, 2.75) is 44.0 Å². The van der Waals surface area contributed by atoms with Gasteiger partial charge in [-0.15, -0.1) is 0 Å². The summed E-state index contributed by atoms with van der Waals surface area (Å²) in [5.74, 6) is -1.14. The Hall–Kier alpha value is -2.23. The van der Waals surface area contributed by atoms with E-state index in [4.69, 9.17) is 14.2 Å². The monoisotopic (exact) mass is 434 g/mol. The van der Waals surface area contributed by atoms with Gasteiger partial charge in [-0.05, 0) is 0 Å². The Morgan fingerprint density at radius 2 is 1.92 bits per heavy atom. The van der Waals surface area contributed by atoms with Gasteiger partial charge >= 0.3 is 153 Å². The number of rotatable bonds is 6. The first-order valence-corrected chi connectivity index (χ1v) is 9.48. The molecule has 1 aromatic heterocycles. The van der Waals surface area contributed by atoms with E-state index in [2.05, 4.69) is 4.98 Å². The molecule has 1 N–H and O–H groups in total. The second kappa shape index (κ2) is 8.43. The van der Waals surface area contributed by atoms with Crippen molar-refractivity contribution in [1.82, 2.24) is 9.55 Å². The van der Waals surface area contributed by atoms with Crippen molar-refractivity contribution in [3.05, 3.63) is 33.1 Å². The van der Waals surface area contributed by atoms with E-state index in [1.807, 2.05) is 0 Å². The van der Waals surface area contributed by atoms with Crippen molar-refractivity contribution in [2.24, 2.45) is 0 Å². The first-order valence-electron chi connectivity index (χ1n) is 7.63. The van der Waals surface area contributed by atoms with Gasteiger partial charge in [0, 0.05) is 0 Å². The summed E-state index contributed by atoms with van der Waals surface area (Å²) in [6.07, 6.45) is -1.43. The van der Waals surface area contributed by atoms with Gasteiger partial charge < -0.3 is 0 Å². The van der Waals surface area contributed by atoms with Gasteiger partial charge in [-0.3, -0.25) is 0 Å². The molecule has 0 bridgehead atoms. The Morgan fingerprint density at radius 1 is 1.23 bits per heavy atom. The van der Waals surface area contributed by atoms with E-state index in [1.54, 1.807) is 0 Å². The summed E-state index contributed by atoms with van der Waals surface area (Å²) in [5, 5.41) is 0. The zero-order valence-corrected chi connectivity index (χ0v) is 16.0. The van der Waals surface area contributed by atoms with Gasteiger partial charge in [-0.1, -0.05) is 0 Å². The molecule has 0 unspecified atom stereocenters. The van der Waals surface area contributed by atoms with Crippen LogP contribution >= 0.6 is 0 Å². The molecule has 2 rings (SSSR count). The minimum atomic E-state index is -0.951. The van der Waals surface area contributed by atoms with Crippen LogP contribution in [-0.4, -0.2) is 59.9 Å². The van der Waals surface area contributed by atoms with Crippen LogP contribution in [0.3, 0.4) is 0 Å². The Balaban J connectivity index is 2.41. The third kappa shape index (κ3) is 4.90. The van der Waals surface area contributed by atoms with Crippen molar-refractivity contribution in [2.75, 3.05) is 6.61 Å². The average Bonchev–Trinajstić information content (AvgIpc) is 2.82. The van der Waals surface area contributed by atoms with Gasteiger partial charge in [0.15, 0.2) is 0 Å². The van der Waals surface area contributed by atoms with Crippen molar-refractivity contribution in [3.63, 3.8) is 0 Å². The van der Waals surface area contributed by atoms with Gasteiger partial charge in [0.2, 0.25) is 0 Å². The fourth-order valence-corrected chi connectivity index (χ4v) is 4.77. The molecule has 0 saturated carbocycles. The summed E-state index contributed by atoms with van der Waals surface area (Å²) in [6, 6.07) is 1.14. The average molecular weight is 433 g/mol. The zero-order chi connectivity index (χ0) is 19.4. The first-order chi connectivity index (χ1) is 12.2. The van der Waals surface area contributed by atoms with Gasteiger partial charge in [0.05, 0.1) is 0 Å². The third-order valence-corrected chi connectivity index (χ3v) is 5.78. The molecule has 1 aliphatic heterocycles. The molecule has 11 heteroatoms. The summed E-state index contributed by atoms with van der Waals surface area (Å²) in [6.45, 7) is 3.61. The Kier molecular flexibility index (Phi) is 6.52. The fourth-order valence-electron chi connectivity index (χ4n) is 2.54. The molecular formula is C15H18N2O8Se. The molecule has 0 spiro atoms. The molecule has 1 fully saturated rings. The zero-order valence-electron chi connectivity index (χ0n) is 14.3. The maximum absolute atomic E-state index is 12.1. The van der Waals surface area contributed by atoms with Crippen molar-refractivity contribution < 1.29 is 28.6 Å². The van der Waals surface area contributed by atoms with E-state index in [0.717, 1.165) is 10.6 Å². The molecule has 2 heterocycles. The number of H-pyrrole nitrogens is 1. The molecule has 4 atom stereocenters. The molecular weight excluding hydrogens is 415 g/mol. The van der Waals surface area contributed by atoms with Crippen molar-refractivity contribution in [1.29, 1.82) is 0 Å². The van der Waals surface area contributed by atoms with E-state index in [1.165, 1.54) is 27.0 Å². The molecule has 1 aromatic rings. The van der Waals surface area contributed by atoms with Gasteiger partial charge in [0.1, 0.15) is 0 Å². The molecule has 1 saturated heterocycles. The summed E-state index contributed by atoms with van der Waals surface area (Å²) >= 11 is -0.689. The predicted octanol–water partition coefficient (Wildman–Crippen LogP) is -1.03. The van der Waals surface area contributed by atoms with Crippen LogP contribution in [0.1, 0.15) is 27.0 Å². The molecule has 142 valence electrons. The van der Waals surface area contributed by atoms with Crippen molar-refractivity contribution >= 4 is 31.6 Å². The van der Waals surface area contributed by atoms with Crippen molar-refractivity contribution in [3.8, 4) is 0 Å². The predicted molar refractivity (Wildman–Crippen MR) is 87.6 cm³/mol. The minimum absolute atomic E-state index is 0.140. The number of nitrogens with zero attached hydrogens (tertiary/aromatic N) is 1. The second-order valence-corrected chi connectivity index (χ2v) is 8.38. The number of aromatic amines is 1. The molecule has 0 amide bonds. The number of hydrogen-bond donors (Lipinski definition) is 1. The van der Waals surface area contributed by atoms with Crippen LogP contribution < -0.4 is 11.2 Å². The molecule has 0 aliphatic carbocycles. The molecule has 1 aliphatic rings. The van der Waals surface area contributed by atoms with Gasteiger partial charge in [-0.25, -0.2) is 0 Å². The maximum atomic E-state index is 12.1. The SMILES string of the molecule is CC(=O)OC[C@H]1O[C@@H](n2ccc(=O)[nH]c2=O)[C@H]([Se]C(C)=O)[C@@H]1OC(C)=O. The van der Waals surface area contributed by atoms with Crippen LogP contribution in [0, 0.1) is 0 Å². The number of aromatic nitrogens is 2. The van der Waals surface area contributed by atoms with E-state index in [9.17, 15) is 24.0 Å². The Bertz CT molecular complexity index is 816. The number of carbonyl (C=O) groups is 3. The molecule has 0 radical (unpaired) electrons. The molecule has 0 aromatic carbocycles. The number of nitrogens with one attached hydrogen (secondary N) is 1. The standard InChI is InChI=1S/C15H18N2O8Se/c1-7(18)23-6-10-12(24-8(2)19)13(26-9(3)20)14(25-10)17-5-4-11(21)16-15(17)22/h4-5,10,12-14H,6H2,1-3H3,(H,16,21,22)/t10-,12-,13-,14-/m1/s1. The summed E-state index contributed by atoms with van der Waals surface area (Å²) in [7, 11) is 0. The van der Waals surface area contributed by atoms with Crippen LogP contribution in [0.5, 0.6) is 0 Å². The van der Waals surface area contributed by atoms with Crippen LogP contribution in [0.4, 0.5) is 0 Å². The number of carbonyl (C=O) groups excluding carboxylic acids is 3. The van der Waals surface area contributed by atoms with E-state index in [0.29, 0.717) is 0 Å². The van der Waals surface area contributed by atoms with E-state index >= 15 is 0 Å². The van der Waals surface area contributed by atoms with Crippen LogP contribution in [0.15, 0.2) is 21.9 Å². The number of hydrogen-bond acceptors (Lipinski definition) is 8. The summed E-state index contributed by atoms with van der Waals surface area (Å²) < 4.78 is 17.0. The quantitative estimate of drug-likeness (QED) is 0.445. The van der Waals surface area contributed by atoms with E-state index in [-0.39, 0.29) is 11.3 Å². The third-order valence-electron chi connectivity index (χ3n) is 3.47. The second-order valence-electron chi connectivity index (χ2n) is 5.53. The van der Waals surface area contributed by atoms with Crippen LogP contribution in [0.25, 0.3) is 0 Å². The fraction of sp³-hybridized carbons (Fsp3) is 0.533. The topological polar surface area (TPSA) is 134 Å². The van der Waals surface area contributed by atoms with E-state index < -0.39 is 61.4 Å². The summed E-state index contributed by atoms with van der Waals surface area (Å²) in [5.41, 5.74) is -1.30. The normalized spacial score (nSPS) is 24.9. The first kappa shape index (κ1) is 20.1. The van der Waals surface area contributed by atoms with Gasteiger partial charge in [0.25, 0.3) is 0 Å². The Morgan fingerprint density at radius 3 is 2.46 bits per heavy atom. The number of esters is 2. The molecule has 10 nitrogen and oxygen atoms in total. The van der Waals surface area contributed by atoms with Crippen LogP contribution in [-0.2, 0) is 28.6 Å².